The quantitative estimate of drug-likeness (QED) is 0.888. The third-order valence-corrected chi connectivity index (χ3v) is 4.25. The maximum Gasteiger partial charge on any atom is 0.142 e. The second-order valence-corrected chi connectivity index (χ2v) is 5.88. The van der Waals surface area contributed by atoms with Gasteiger partial charge in [0.1, 0.15) is 15.7 Å². The van der Waals surface area contributed by atoms with Gasteiger partial charge in [-0.05, 0) is 25.3 Å². The summed E-state index contributed by atoms with van der Waals surface area (Å²) in [5.74, 6) is 0.929. The van der Waals surface area contributed by atoms with Crippen LogP contribution in [0.1, 0.15) is 17.8 Å². The van der Waals surface area contributed by atoms with E-state index in [0.29, 0.717) is 0 Å². The average Bonchev–Trinajstić information content (AvgIpc) is 2.83. The predicted octanol–water partition coefficient (Wildman–Crippen LogP) is 2.77. The highest BCUT2D eigenvalue weighted by Crippen LogP contribution is 2.28. The molecule has 3 rings (SSSR count). The van der Waals surface area contributed by atoms with Gasteiger partial charge in [0.2, 0.25) is 0 Å². The fraction of sp³-hybridized carbons (Fsp3) is 0.455. The zero-order valence-electron chi connectivity index (χ0n) is 8.85. The summed E-state index contributed by atoms with van der Waals surface area (Å²) in [5, 5.41) is 9.71. The SMILES string of the molecule is c1csc(-c2csc(CNCC3CC3)n2)n1. The lowest BCUT2D eigenvalue weighted by Crippen LogP contribution is -2.15. The Morgan fingerprint density at radius 1 is 1.38 bits per heavy atom. The van der Waals surface area contributed by atoms with Crippen LogP contribution in [-0.2, 0) is 6.54 Å². The first-order valence-electron chi connectivity index (χ1n) is 5.47. The second-order valence-electron chi connectivity index (χ2n) is 4.04. The average molecular weight is 251 g/mol. The molecule has 1 aliphatic rings. The highest BCUT2D eigenvalue weighted by molar-refractivity contribution is 7.14. The van der Waals surface area contributed by atoms with Crippen LogP contribution in [0.4, 0.5) is 0 Å². The van der Waals surface area contributed by atoms with Crippen molar-refractivity contribution in [2.75, 3.05) is 6.54 Å². The van der Waals surface area contributed by atoms with Crippen LogP contribution in [0.2, 0.25) is 0 Å². The molecule has 1 saturated carbocycles. The van der Waals surface area contributed by atoms with E-state index in [0.717, 1.165) is 34.7 Å². The van der Waals surface area contributed by atoms with E-state index in [1.54, 1.807) is 22.7 Å². The maximum absolute atomic E-state index is 4.57. The van der Waals surface area contributed by atoms with Crippen LogP contribution in [-0.4, -0.2) is 16.5 Å². The molecule has 0 spiro atoms. The standard InChI is InChI=1S/C11H13N3S2/c1-2-8(1)5-12-6-10-14-9(7-16-10)11-13-3-4-15-11/h3-4,7-8,12H,1-2,5-6H2. The van der Waals surface area contributed by atoms with Gasteiger partial charge in [0.15, 0.2) is 0 Å². The summed E-state index contributed by atoms with van der Waals surface area (Å²) in [4.78, 5) is 8.83. The molecule has 0 aromatic carbocycles. The van der Waals surface area contributed by atoms with E-state index in [-0.39, 0.29) is 0 Å². The van der Waals surface area contributed by atoms with E-state index in [9.17, 15) is 0 Å². The Bertz CT molecular complexity index is 446. The summed E-state index contributed by atoms with van der Waals surface area (Å²) in [6, 6.07) is 0. The summed E-state index contributed by atoms with van der Waals surface area (Å²) in [5.41, 5.74) is 1.02. The Balaban J connectivity index is 1.59. The number of hydrogen-bond acceptors (Lipinski definition) is 5. The summed E-state index contributed by atoms with van der Waals surface area (Å²) in [6.45, 7) is 2.04. The first kappa shape index (κ1) is 10.4. The minimum atomic E-state index is 0.895. The first-order valence-corrected chi connectivity index (χ1v) is 7.23. The number of hydrogen-bond donors (Lipinski definition) is 1. The van der Waals surface area contributed by atoms with Gasteiger partial charge in [-0.2, -0.15) is 0 Å². The molecule has 16 heavy (non-hydrogen) atoms. The predicted molar refractivity (Wildman–Crippen MR) is 67.7 cm³/mol. The fourth-order valence-corrected chi connectivity index (χ4v) is 2.97. The highest BCUT2D eigenvalue weighted by atomic mass is 32.1. The van der Waals surface area contributed by atoms with Gasteiger partial charge in [0, 0.05) is 23.5 Å². The van der Waals surface area contributed by atoms with Crippen molar-refractivity contribution in [2.45, 2.75) is 19.4 Å². The van der Waals surface area contributed by atoms with Crippen molar-refractivity contribution in [1.82, 2.24) is 15.3 Å². The number of thiazole rings is 2. The minimum absolute atomic E-state index is 0.895. The molecular weight excluding hydrogens is 238 g/mol. The van der Waals surface area contributed by atoms with Crippen LogP contribution in [0.3, 0.4) is 0 Å². The summed E-state index contributed by atoms with van der Waals surface area (Å²) in [7, 11) is 0. The lowest BCUT2D eigenvalue weighted by atomic mass is 10.4. The second kappa shape index (κ2) is 4.61. The topological polar surface area (TPSA) is 37.8 Å². The monoisotopic (exact) mass is 251 g/mol. The Morgan fingerprint density at radius 3 is 3.06 bits per heavy atom. The van der Waals surface area contributed by atoms with Crippen LogP contribution >= 0.6 is 22.7 Å². The molecule has 0 aliphatic heterocycles. The third kappa shape index (κ3) is 2.48. The van der Waals surface area contributed by atoms with Crippen molar-refractivity contribution in [1.29, 1.82) is 0 Å². The zero-order chi connectivity index (χ0) is 10.8. The Morgan fingerprint density at radius 2 is 2.31 bits per heavy atom. The van der Waals surface area contributed by atoms with Crippen molar-refractivity contribution in [3.63, 3.8) is 0 Å². The van der Waals surface area contributed by atoms with Gasteiger partial charge in [-0.3, -0.25) is 0 Å². The highest BCUT2D eigenvalue weighted by Gasteiger charge is 2.20. The molecule has 0 saturated heterocycles. The van der Waals surface area contributed by atoms with E-state index in [2.05, 4.69) is 20.7 Å². The van der Waals surface area contributed by atoms with E-state index >= 15 is 0 Å². The van der Waals surface area contributed by atoms with Crippen molar-refractivity contribution < 1.29 is 0 Å². The minimum Gasteiger partial charge on any atom is -0.310 e. The number of nitrogens with one attached hydrogen (secondary N) is 1. The Hall–Kier alpha value is -0.780. The van der Waals surface area contributed by atoms with Crippen molar-refractivity contribution in [3.8, 4) is 10.7 Å². The van der Waals surface area contributed by atoms with E-state index in [4.69, 9.17) is 0 Å². The molecule has 2 aromatic heterocycles. The molecule has 0 unspecified atom stereocenters. The van der Waals surface area contributed by atoms with Crippen LogP contribution < -0.4 is 5.32 Å². The van der Waals surface area contributed by atoms with Crippen molar-refractivity contribution >= 4 is 22.7 Å². The maximum atomic E-state index is 4.57. The summed E-state index contributed by atoms with van der Waals surface area (Å²) >= 11 is 3.35. The molecule has 84 valence electrons. The molecule has 2 aromatic rings. The molecule has 0 bridgehead atoms. The van der Waals surface area contributed by atoms with Gasteiger partial charge < -0.3 is 5.32 Å². The first-order chi connectivity index (χ1) is 7.92. The van der Waals surface area contributed by atoms with Gasteiger partial charge in [-0.25, -0.2) is 9.97 Å². The molecule has 2 heterocycles. The number of rotatable bonds is 5. The van der Waals surface area contributed by atoms with Gasteiger partial charge in [0.05, 0.1) is 0 Å². The van der Waals surface area contributed by atoms with Gasteiger partial charge >= 0.3 is 0 Å². The molecule has 1 fully saturated rings. The lowest BCUT2D eigenvalue weighted by Gasteiger charge is -1.98. The molecule has 0 amide bonds. The molecule has 1 aliphatic carbocycles. The van der Waals surface area contributed by atoms with Gasteiger partial charge in [0.25, 0.3) is 0 Å². The smallest absolute Gasteiger partial charge is 0.142 e. The molecule has 0 radical (unpaired) electrons. The van der Waals surface area contributed by atoms with E-state index in [1.165, 1.54) is 12.8 Å². The van der Waals surface area contributed by atoms with E-state index in [1.807, 2.05) is 11.6 Å². The normalized spacial score (nSPS) is 15.5. The Labute approximate surface area is 103 Å². The van der Waals surface area contributed by atoms with Crippen LogP contribution in [0.5, 0.6) is 0 Å². The molecule has 1 N–H and O–H groups in total. The van der Waals surface area contributed by atoms with Crippen molar-refractivity contribution in [2.24, 2.45) is 5.92 Å². The van der Waals surface area contributed by atoms with Crippen LogP contribution in [0.25, 0.3) is 10.7 Å². The van der Waals surface area contributed by atoms with Gasteiger partial charge in [-0.15, -0.1) is 22.7 Å². The summed E-state index contributed by atoms with van der Waals surface area (Å²) < 4.78 is 0. The molecule has 3 nitrogen and oxygen atoms in total. The zero-order valence-corrected chi connectivity index (χ0v) is 10.5. The molecular formula is C11H13N3S2. The Kier molecular flexibility index (Phi) is 2.99. The van der Waals surface area contributed by atoms with E-state index < -0.39 is 0 Å². The summed E-state index contributed by atoms with van der Waals surface area (Å²) in [6.07, 6.45) is 4.62. The van der Waals surface area contributed by atoms with Gasteiger partial charge in [-0.1, -0.05) is 0 Å². The fourth-order valence-electron chi connectivity index (χ4n) is 1.55. The lowest BCUT2D eigenvalue weighted by molar-refractivity contribution is 0.637. The molecule has 0 atom stereocenters. The van der Waals surface area contributed by atoms with Crippen molar-refractivity contribution in [3.05, 3.63) is 22.0 Å². The third-order valence-electron chi connectivity index (χ3n) is 2.61. The molecule has 5 heteroatoms. The van der Waals surface area contributed by atoms with Crippen LogP contribution in [0, 0.1) is 5.92 Å². The number of nitrogens with zero attached hydrogens (tertiary/aromatic N) is 2. The van der Waals surface area contributed by atoms with Crippen LogP contribution in [0.15, 0.2) is 17.0 Å². The largest absolute Gasteiger partial charge is 0.310 e. The number of aromatic nitrogens is 2.